The predicted octanol–water partition coefficient (Wildman–Crippen LogP) is 4.73. The minimum atomic E-state index is 0.940. The Morgan fingerprint density at radius 2 is 1.58 bits per heavy atom. The van der Waals surface area contributed by atoms with Crippen molar-refractivity contribution in [3.63, 3.8) is 0 Å². The monoisotopic (exact) mass is 315 g/mol. The molecule has 1 aliphatic heterocycles. The van der Waals surface area contributed by atoms with Gasteiger partial charge in [0.05, 0.1) is 17.1 Å². The molecule has 0 amide bonds. The minimum absolute atomic E-state index is 0.940. The van der Waals surface area contributed by atoms with Gasteiger partial charge in [0.15, 0.2) is 0 Å². The van der Waals surface area contributed by atoms with Crippen LogP contribution in [0.1, 0.15) is 24.6 Å². The molecule has 1 aromatic heterocycles. The predicted molar refractivity (Wildman–Crippen MR) is 99.1 cm³/mol. The van der Waals surface area contributed by atoms with Crippen LogP contribution in [0.15, 0.2) is 54.6 Å². The molecule has 2 aromatic carbocycles. The van der Waals surface area contributed by atoms with Gasteiger partial charge in [-0.2, -0.15) is 0 Å². The van der Waals surface area contributed by atoms with E-state index in [0.29, 0.717) is 0 Å². The van der Waals surface area contributed by atoms with Crippen molar-refractivity contribution in [3.8, 4) is 22.5 Å². The smallest absolute Gasteiger partial charge is 0.148 e. The fourth-order valence-corrected chi connectivity index (χ4v) is 3.15. The molecule has 0 atom stereocenters. The van der Waals surface area contributed by atoms with Crippen molar-refractivity contribution >= 4 is 5.82 Å². The topological polar surface area (TPSA) is 37.8 Å². The first kappa shape index (κ1) is 14.9. The SMILES string of the molecule is CCc1ccc(-c2nc3c(nc2-c2ccccc2)CCCN3)cc1. The summed E-state index contributed by atoms with van der Waals surface area (Å²) in [5.41, 5.74) is 6.58. The average Bonchev–Trinajstić information content (AvgIpc) is 2.68. The highest BCUT2D eigenvalue weighted by Gasteiger charge is 2.18. The summed E-state index contributed by atoms with van der Waals surface area (Å²) in [6.07, 6.45) is 3.15. The highest BCUT2D eigenvalue weighted by Crippen LogP contribution is 2.32. The van der Waals surface area contributed by atoms with Crippen LogP contribution in [0, 0.1) is 0 Å². The Balaban J connectivity index is 1.89. The molecule has 3 heteroatoms. The van der Waals surface area contributed by atoms with Crippen LogP contribution >= 0.6 is 0 Å². The number of hydrogen-bond donors (Lipinski definition) is 1. The minimum Gasteiger partial charge on any atom is -0.369 e. The van der Waals surface area contributed by atoms with Crippen LogP contribution in [0.4, 0.5) is 5.82 Å². The molecule has 0 fully saturated rings. The van der Waals surface area contributed by atoms with E-state index in [0.717, 1.165) is 59.8 Å². The average molecular weight is 315 g/mol. The van der Waals surface area contributed by atoms with Crippen LogP contribution in [0.3, 0.4) is 0 Å². The lowest BCUT2D eigenvalue weighted by atomic mass is 10.0. The molecule has 0 spiro atoms. The van der Waals surface area contributed by atoms with E-state index in [4.69, 9.17) is 9.97 Å². The second-order valence-electron chi connectivity index (χ2n) is 6.16. The molecule has 0 saturated heterocycles. The quantitative estimate of drug-likeness (QED) is 0.759. The highest BCUT2D eigenvalue weighted by molar-refractivity contribution is 5.79. The number of aromatic nitrogens is 2. The van der Waals surface area contributed by atoms with Gasteiger partial charge in [0.25, 0.3) is 0 Å². The van der Waals surface area contributed by atoms with Crippen LogP contribution in [0.2, 0.25) is 0 Å². The molecule has 3 nitrogen and oxygen atoms in total. The summed E-state index contributed by atoms with van der Waals surface area (Å²) in [6.45, 7) is 3.15. The molecular formula is C21H21N3. The van der Waals surface area contributed by atoms with Crippen molar-refractivity contribution in [3.05, 3.63) is 65.9 Å². The molecule has 0 saturated carbocycles. The van der Waals surface area contributed by atoms with Gasteiger partial charge in [0, 0.05) is 17.7 Å². The van der Waals surface area contributed by atoms with Gasteiger partial charge < -0.3 is 5.32 Å². The summed E-state index contributed by atoms with van der Waals surface area (Å²) in [6, 6.07) is 19.0. The van der Waals surface area contributed by atoms with E-state index in [1.165, 1.54) is 5.56 Å². The molecule has 24 heavy (non-hydrogen) atoms. The Labute approximate surface area is 142 Å². The largest absolute Gasteiger partial charge is 0.369 e. The van der Waals surface area contributed by atoms with E-state index in [-0.39, 0.29) is 0 Å². The summed E-state index contributed by atoms with van der Waals surface area (Å²) in [4.78, 5) is 9.92. The van der Waals surface area contributed by atoms with Gasteiger partial charge in [-0.1, -0.05) is 61.5 Å². The van der Waals surface area contributed by atoms with Crippen molar-refractivity contribution in [2.24, 2.45) is 0 Å². The summed E-state index contributed by atoms with van der Waals surface area (Å²) in [7, 11) is 0. The van der Waals surface area contributed by atoms with Crippen LogP contribution in [0.25, 0.3) is 22.5 Å². The second kappa shape index (κ2) is 6.44. The zero-order valence-electron chi connectivity index (χ0n) is 13.9. The zero-order chi connectivity index (χ0) is 16.4. The summed E-state index contributed by atoms with van der Waals surface area (Å²) >= 11 is 0. The maximum Gasteiger partial charge on any atom is 0.148 e. The standard InChI is InChI=1S/C21H21N3/c1-2-15-10-12-17(13-11-15)20-19(16-7-4-3-5-8-16)23-18-9-6-14-22-21(18)24-20/h3-5,7-8,10-13H,2,6,9,14H2,1H3,(H,22,24). The first-order chi connectivity index (χ1) is 11.8. The van der Waals surface area contributed by atoms with Crippen LogP contribution in [-0.4, -0.2) is 16.5 Å². The van der Waals surface area contributed by atoms with Gasteiger partial charge in [-0.15, -0.1) is 0 Å². The number of anilines is 1. The Morgan fingerprint density at radius 1 is 0.875 bits per heavy atom. The molecule has 4 rings (SSSR count). The maximum absolute atomic E-state index is 4.98. The summed E-state index contributed by atoms with van der Waals surface area (Å²) in [5, 5.41) is 3.40. The molecule has 0 bridgehead atoms. The van der Waals surface area contributed by atoms with Crippen molar-refractivity contribution in [1.29, 1.82) is 0 Å². The number of nitrogens with zero attached hydrogens (tertiary/aromatic N) is 2. The van der Waals surface area contributed by atoms with Gasteiger partial charge in [-0.25, -0.2) is 9.97 Å². The Bertz CT molecular complexity index is 839. The van der Waals surface area contributed by atoms with Crippen molar-refractivity contribution in [1.82, 2.24) is 9.97 Å². The first-order valence-electron chi connectivity index (χ1n) is 8.64. The molecule has 3 aromatic rings. The third kappa shape index (κ3) is 2.78. The van der Waals surface area contributed by atoms with Crippen molar-refractivity contribution in [2.45, 2.75) is 26.2 Å². The number of nitrogens with one attached hydrogen (secondary N) is 1. The second-order valence-corrected chi connectivity index (χ2v) is 6.16. The lowest BCUT2D eigenvalue weighted by Crippen LogP contribution is -2.16. The number of hydrogen-bond acceptors (Lipinski definition) is 3. The zero-order valence-corrected chi connectivity index (χ0v) is 13.9. The maximum atomic E-state index is 4.98. The third-order valence-electron chi connectivity index (χ3n) is 4.53. The lowest BCUT2D eigenvalue weighted by molar-refractivity contribution is 0.790. The van der Waals surface area contributed by atoms with Gasteiger partial charge in [0.2, 0.25) is 0 Å². The van der Waals surface area contributed by atoms with E-state index in [9.17, 15) is 0 Å². The van der Waals surface area contributed by atoms with Crippen LogP contribution < -0.4 is 5.32 Å². The fourth-order valence-electron chi connectivity index (χ4n) is 3.15. The number of rotatable bonds is 3. The van der Waals surface area contributed by atoms with Crippen molar-refractivity contribution < 1.29 is 0 Å². The Hall–Kier alpha value is -2.68. The first-order valence-corrected chi connectivity index (χ1v) is 8.64. The molecule has 120 valence electrons. The number of fused-ring (bicyclic) bond motifs is 1. The van der Waals surface area contributed by atoms with Crippen LogP contribution in [-0.2, 0) is 12.8 Å². The lowest BCUT2D eigenvalue weighted by Gasteiger charge is -2.19. The summed E-state index contributed by atoms with van der Waals surface area (Å²) < 4.78 is 0. The summed E-state index contributed by atoms with van der Waals surface area (Å²) in [5.74, 6) is 0.940. The van der Waals surface area contributed by atoms with E-state index >= 15 is 0 Å². The van der Waals surface area contributed by atoms with E-state index in [1.807, 2.05) is 6.07 Å². The third-order valence-corrected chi connectivity index (χ3v) is 4.53. The Kier molecular flexibility index (Phi) is 3.99. The molecule has 1 N–H and O–H groups in total. The molecule has 0 unspecified atom stereocenters. The molecule has 2 heterocycles. The molecule has 0 aliphatic carbocycles. The molecular weight excluding hydrogens is 294 g/mol. The van der Waals surface area contributed by atoms with Gasteiger partial charge in [-0.05, 0) is 24.8 Å². The highest BCUT2D eigenvalue weighted by atomic mass is 15.0. The van der Waals surface area contributed by atoms with Gasteiger partial charge in [-0.3, -0.25) is 0 Å². The van der Waals surface area contributed by atoms with Crippen molar-refractivity contribution in [2.75, 3.05) is 11.9 Å². The van der Waals surface area contributed by atoms with E-state index in [1.54, 1.807) is 0 Å². The fraction of sp³-hybridized carbons (Fsp3) is 0.238. The number of aryl methyl sites for hydroxylation is 2. The van der Waals surface area contributed by atoms with Crippen LogP contribution in [0.5, 0.6) is 0 Å². The Morgan fingerprint density at radius 3 is 2.33 bits per heavy atom. The van der Waals surface area contributed by atoms with Gasteiger partial charge in [0.1, 0.15) is 5.82 Å². The van der Waals surface area contributed by atoms with Gasteiger partial charge >= 0.3 is 0 Å². The van der Waals surface area contributed by atoms with E-state index < -0.39 is 0 Å². The normalized spacial score (nSPS) is 13.2. The molecule has 0 radical (unpaired) electrons. The molecule has 1 aliphatic rings. The van der Waals surface area contributed by atoms with E-state index in [2.05, 4.69) is 60.8 Å². The number of benzene rings is 2.